The number of hydrogen-bond acceptors (Lipinski definition) is 6. The van der Waals surface area contributed by atoms with Gasteiger partial charge in [0.1, 0.15) is 18.0 Å². The average molecular weight is 355 g/mol. The van der Waals surface area contributed by atoms with Crippen LogP contribution in [0, 0.1) is 0 Å². The molecule has 1 aliphatic rings. The van der Waals surface area contributed by atoms with Gasteiger partial charge in [-0.25, -0.2) is 4.79 Å². The SMILES string of the molecule is O=C(CNC(=O)c1ccc(Oc2ccccc2)cc1)O[C@H]1CCOC1=O. The number of cyclic esters (lactones) is 1. The van der Waals surface area contributed by atoms with Crippen LogP contribution >= 0.6 is 0 Å². The maximum absolute atomic E-state index is 12.1. The first kappa shape index (κ1) is 17.5. The summed E-state index contributed by atoms with van der Waals surface area (Å²) in [5, 5.41) is 2.45. The van der Waals surface area contributed by atoms with Gasteiger partial charge in [0.25, 0.3) is 5.91 Å². The van der Waals surface area contributed by atoms with E-state index in [1.54, 1.807) is 24.3 Å². The normalized spacial score (nSPS) is 15.8. The number of nitrogens with one attached hydrogen (secondary N) is 1. The van der Waals surface area contributed by atoms with Crippen LogP contribution in [0.5, 0.6) is 11.5 Å². The zero-order chi connectivity index (χ0) is 18.4. The van der Waals surface area contributed by atoms with Gasteiger partial charge in [-0.05, 0) is 36.4 Å². The van der Waals surface area contributed by atoms with Crippen molar-refractivity contribution in [2.45, 2.75) is 12.5 Å². The minimum Gasteiger partial charge on any atom is -0.463 e. The van der Waals surface area contributed by atoms with E-state index in [1.165, 1.54) is 0 Å². The van der Waals surface area contributed by atoms with Crippen molar-refractivity contribution in [3.8, 4) is 11.5 Å². The van der Waals surface area contributed by atoms with E-state index in [0.717, 1.165) is 0 Å². The molecule has 2 aromatic rings. The molecule has 1 N–H and O–H groups in total. The van der Waals surface area contributed by atoms with Gasteiger partial charge in [-0.3, -0.25) is 9.59 Å². The first-order valence-corrected chi connectivity index (χ1v) is 8.09. The lowest BCUT2D eigenvalue weighted by molar-refractivity contribution is -0.159. The molecule has 0 bridgehead atoms. The minimum absolute atomic E-state index is 0.237. The molecule has 1 aliphatic heterocycles. The van der Waals surface area contributed by atoms with Gasteiger partial charge >= 0.3 is 11.9 Å². The summed E-state index contributed by atoms with van der Waals surface area (Å²) in [5.74, 6) is -0.392. The molecule has 0 unspecified atom stereocenters. The van der Waals surface area contributed by atoms with Crippen LogP contribution in [0.3, 0.4) is 0 Å². The van der Waals surface area contributed by atoms with Gasteiger partial charge in [0.05, 0.1) is 6.61 Å². The Morgan fingerprint density at radius 1 is 1.04 bits per heavy atom. The number of carbonyl (C=O) groups excluding carboxylic acids is 3. The Balaban J connectivity index is 1.48. The molecule has 3 rings (SSSR count). The summed E-state index contributed by atoms with van der Waals surface area (Å²) in [6.45, 7) is -0.0918. The number of benzene rings is 2. The van der Waals surface area contributed by atoms with E-state index >= 15 is 0 Å². The van der Waals surface area contributed by atoms with Crippen molar-refractivity contribution in [3.63, 3.8) is 0 Å². The molecule has 1 amide bonds. The van der Waals surface area contributed by atoms with Crippen molar-refractivity contribution in [2.75, 3.05) is 13.2 Å². The average Bonchev–Trinajstić information content (AvgIpc) is 3.06. The molecule has 0 saturated carbocycles. The Bertz CT molecular complexity index is 787. The smallest absolute Gasteiger partial charge is 0.347 e. The summed E-state index contributed by atoms with van der Waals surface area (Å²) >= 11 is 0. The van der Waals surface area contributed by atoms with Gasteiger partial charge in [0, 0.05) is 12.0 Å². The lowest BCUT2D eigenvalue weighted by Crippen LogP contribution is -2.33. The molecule has 7 nitrogen and oxygen atoms in total. The quantitative estimate of drug-likeness (QED) is 0.798. The van der Waals surface area contributed by atoms with Crippen LogP contribution in [-0.2, 0) is 19.1 Å². The van der Waals surface area contributed by atoms with Gasteiger partial charge in [-0.2, -0.15) is 0 Å². The highest BCUT2D eigenvalue weighted by Gasteiger charge is 2.30. The lowest BCUT2D eigenvalue weighted by atomic mass is 10.2. The minimum atomic E-state index is -0.881. The van der Waals surface area contributed by atoms with Gasteiger partial charge in [-0.1, -0.05) is 18.2 Å². The maximum Gasteiger partial charge on any atom is 0.347 e. The van der Waals surface area contributed by atoms with Gasteiger partial charge in [0.15, 0.2) is 0 Å². The second kappa shape index (κ2) is 8.15. The molecule has 134 valence electrons. The highest BCUT2D eigenvalue weighted by Crippen LogP contribution is 2.21. The third-order valence-electron chi connectivity index (χ3n) is 3.65. The van der Waals surface area contributed by atoms with E-state index in [-0.39, 0.29) is 13.2 Å². The molecule has 1 heterocycles. The molecule has 26 heavy (non-hydrogen) atoms. The van der Waals surface area contributed by atoms with Crippen molar-refractivity contribution in [2.24, 2.45) is 0 Å². The zero-order valence-electron chi connectivity index (χ0n) is 13.8. The second-order valence-electron chi connectivity index (χ2n) is 5.56. The summed E-state index contributed by atoms with van der Waals surface area (Å²) in [6.07, 6.45) is -0.546. The number of amides is 1. The summed E-state index contributed by atoms with van der Waals surface area (Å²) in [7, 11) is 0. The van der Waals surface area contributed by atoms with Crippen LogP contribution < -0.4 is 10.1 Å². The first-order chi connectivity index (χ1) is 12.6. The molecular weight excluding hydrogens is 338 g/mol. The summed E-state index contributed by atoms with van der Waals surface area (Å²) < 4.78 is 15.3. The molecule has 0 spiro atoms. The standard InChI is InChI=1S/C19H17NO6/c21-17(26-16-10-11-24-19(16)23)12-20-18(22)13-6-8-15(9-7-13)25-14-4-2-1-3-5-14/h1-9,16H,10-12H2,(H,20,22)/t16-/m0/s1. The van der Waals surface area contributed by atoms with E-state index in [4.69, 9.17) is 14.2 Å². The fourth-order valence-corrected chi connectivity index (χ4v) is 2.34. The van der Waals surface area contributed by atoms with Crippen LogP contribution in [0.2, 0.25) is 0 Å². The zero-order valence-corrected chi connectivity index (χ0v) is 13.8. The van der Waals surface area contributed by atoms with E-state index < -0.39 is 23.9 Å². The Morgan fingerprint density at radius 2 is 1.73 bits per heavy atom. The fourth-order valence-electron chi connectivity index (χ4n) is 2.34. The number of para-hydroxylation sites is 1. The van der Waals surface area contributed by atoms with E-state index in [0.29, 0.717) is 23.5 Å². The fraction of sp³-hybridized carbons (Fsp3) is 0.211. The summed E-state index contributed by atoms with van der Waals surface area (Å²) in [6, 6.07) is 15.8. The largest absolute Gasteiger partial charge is 0.463 e. The highest BCUT2D eigenvalue weighted by atomic mass is 16.6. The topological polar surface area (TPSA) is 90.9 Å². The number of hydrogen-bond donors (Lipinski definition) is 1. The number of ether oxygens (including phenoxy) is 3. The van der Waals surface area contributed by atoms with Gasteiger partial charge < -0.3 is 19.5 Å². The van der Waals surface area contributed by atoms with Gasteiger partial charge in [-0.15, -0.1) is 0 Å². The van der Waals surface area contributed by atoms with E-state index in [2.05, 4.69) is 5.32 Å². The van der Waals surface area contributed by atoms with Crippen LogP contribution in [0.4, 0.5) is 0 Å². The summed E-state index contributed by atoms with van der Waals surface area (Å²) in [4.78, 5) is 35.0. The molecule has 1 saturated heterocycles. The molecule has 0 radical (unpaired) electrons. The van der Waals surface area contributed by atoms with Crippen LogP contribution in [0.1, 0.15) is 16.8 Å². The molecule has 1 fully saturated rings. The van der Waals surface area contributed by atoms with Crippen molar-refractivity contribution >= 4 is 17.8 Å². The van der Waals surface area contributed by atoms with Crippen LogP contribution in [0.25, 0.3) is 0 Å². The van der Waals surface area contributed by atoms with Crippen molar-refractivity contribution in [3.05, 3.63) is 60.2 Å². The third-order valence-corrected chi connectivity index (χ3v) is 3.65. The highest BCUT2D eigenvalue weighted by molar-refractivity contribution is 5.96. The Morgan fingerprint density at radius 3 is 2.38 bits per heavy atom. The number of rotatable bonds is 6. The van der Waals surface area contributed by atoms with Crippen molar-refractivity contribution < 1.29 is 28.6 Å². The second-order valence-corrected chi connectivity index (χ2v) is 5.56. The molecule has 7 heteroatoms. The Labute approximate surface area is 149 Å². The number of esters is 2. The van der Waals surface area contributed by atoms with E-state index in [9.17, 15) is 14.4 Å². The number of carbonyl (C=O) groups is 3. The first-order valence-electron chi connectivity index (χ1n) is 8.09. The maximum atomic E-state index is 12.1. The molecular formula is C19H17NO6. The Kier molecular flexibility index (Phi) is 5.48. The van der Waals surface area contributed by atoms with E-state index in [1.807, 2.05) is 30.3 Å². The third kappa shape index (κ3) is 4.60. The Hall–Kier alpha value is -3.35. The predicted octanol–water partition coefficient (Wildman–Crippen LogP) is 2.07. The summed E-state index contributed by atoms with van der Waals surface area (Å²) in [5.41, 5.74) is 0.374. The van der Waals surface area contributed by atoms with Crippen molar-refractivity contribution in [1.29, 1.82) is 0 Å². The predicted molar refractivity (Wildman–Crippen MR) is 90.7 cm³/mol. The molecule has 2 aromatic carbocycles. The monoisotopic (exact) mass is 355 g/mol. The lowest BCUT2D eigenvalue weighted by Gasteiger charge is -2.10. The van der Waals surface area contributed by atoms with Gasteiger partial charge in [0.2, 0.25) is 6.10 Å². The van der Waals surface area contributed by atoms with Crippen LogP contribution in [-0.4, -0.2) is 37.1 Å². The van der Waals surface area contributed by atoms with Crippen molar-refractivity contribution in [1.82, 2.24) is 5.32 Å². The molecule has 0 aliphatic carbocycles. The molecule has 0 aromatic heterocycles. The molecule has 1 atom stereocenters. The van der Waals surface area contributed by atoms with Crippen LogP contribution in [0.15, 0.2) is 54.6 Å².